The second kappa shape index (κ2) is 8.97. The van der Waals surface area contributed by atoms with Crippen molar-refractivity contribution in [2.75, 3.05) is 13.7 Å². The van der Waals surface area contributed by atoms with Gasteiger partial charge in [0, 0.05) is 6.54 Å². The monoisotopic (exact) mass is 388 g/mol. The molecular weight excluding hydrogens is 364 g/mol. The van der Waals surface area contributed by atoms with E-state index in [0.717, 1.165) is 7.11 Å². The summed E-state index contributed by atoms with van der Waals surface area (Å²) < 4.78 is 37.2. The molecule has 0 aromatic heterocycles. The van der Waals surface area contributed by atoms with Crippen LogP contribution in [-0.4, -0.2) is 55.3 Å². The number of methoxy groups -OCH3 is 1. The van der Waals surface area contributed by atoms with Gasteiger partial charge in [0.25, 0.3) is 0 Å². The third-order valence-corrected chi connectivity index (χ3v) is 4.52. The van der Waals surface area contributed by atoms with E-state index in [4.69, 9.17) is 4.74 Å². The van der Waals surface area contributed by atoms with Crippen LogP contribution in [0.3, 0.4) is 0 Å². The maximum absolute atomic E-state index is 12.6. The van der Waals surface area contributed by atoms with Gasteiger partial charge < -0.3 is 14.6 Å². The minimum atomic E-state index is -4.51. The first-order valence-electron chi connectivity index (χ1n) is 7.75. The van der Waals surface area contributed by atoms with Gasteiger partial charge in [0.05, 0.1) is 13.7 Å². The largest absolute Gasteiger partial charge is 0.468 e. The number of nitrogens with zero attached hydrogens (tertiary/aromatic N) is 1. The smallest absolute Gasteiger partial charge is 0.422 e. The summed E-state index contributed by atoms with van der Waals surface area (Å²) in [5, 5.41) is 9.51. The van der Waals surface area contributed by atoms with Crippen molar-refractivity contribution < 1.29 is 32.6 Å². The Balaban J connectivity index is 3.16. The standard InChI is InChI=1S/C16H24N2O7S/c1-16(2,3)25-15(21)17-26(22,23)18(13(11-19)14(20)24-4)10-12-8-6-5-7-9-12/h5-9,13,19H,10-11H2,1-4H3,(H,17,21). The van der Waals surface area contributed by atoms with Crippen LogP contribution in [0.25, 0.3) is 0 Å². The molecule has 1 amide bonds. The van der Waals surface area contributed by atoms with E-state index in [-0.39, 0.29) is 6.54 Å². The highest BCUT2D eigenvalue weighted by Gasteiger charge is 2.37. The number of carbonyl (C=O) groups excluding carboxylic acids is 2. The number of benzene rings is 1. The number of rotatable bonds is 7. The van der Waals surface area contributed by atoms with Gasteiger partial charge in [-0.25, -0.2) is 9.52 Å². The van der Waals surface area contributed by atoms with Gasteiger partial charge in [0.1, 0.15) is 11.6 Å². The molecule has 0 saturated carbocycles. The van der Waals surface area contributed by atoms with Crippen LogP contribution < -0.4 is 4.72 Å². The van der Waals surface area contributed by atoms with Crippen molar-refractivity contribution in [3.8, 4) is 0 Å². The number of aliphatic hydroxyl groups excluding tert-OH is 1. The van der Waals surface area contributed by atoms with Crippen molar-refractivity contribution in [1.29, 1.82) is 0 Å². The lowest BCUT2D eigenvalue weighted by Gasteiger charge is -2.28. The lowest BCUT2D eigenvalue weighted by atomic mass is 10.2. The second-order valence-electron chi connectivity index (χ2n) is 6.36. The molecule has 0 aliphatic rings. The van der Waals surface area contributed by atoms with Crippen LogP contribution in [0.15, 0.2) is 30.3 Å². The molecule has 1 aromatic carbocycles. The Hall–Kier alpha value is -2.17. The van der Waals surface area contributed by atoms with Gasteiger partial charge in [-0.2, -0.15) is 12.7 Å². The highest BCUT2D eigenvalue weighted by molar-refractivity contribution is 7.87. The average Bonchev–Trinajstić information content (AvgIpc) is 2.52. The van der Waals surface area contributed by atoms with Gasteiger partial charge in [-0.1, -0.05) is 30.3 Å². The molecular formula is C16H24N2O7S. The van der Waals surface area contributed by atoms with Crippen LogP contribution in [0.5, 0.6) is 0 Å². The third-order valence-electron chi connectivity index (χ3n) is 3.09. The quantitative estimate of drug-likeness (QED) is 0.662. The summed E-state index contributed by atoms with van der Waals surface area (Å²) in [5.41, 5.74) is -0.368. The lowest BCUT2D eigenvalue weighted by molar-refractivity contribution is -0.146. The van der Waals surface area contributed by atoms with E-state index in [9.17, 15) is 23.1 Å². The predicted molar refractivity (Wildman–Crippen MR) is 93.2 cm³/mol. The molecule has 0 radical (unpaired) electrons. The molecule has 2 N–H and O–H groups in total. The molecule has 0 aliphatic heterocycles. The zero-order valence-corrected chi connectivity index (χ0v) is 15.9. The number of aliphatic hydroxyl groups is 1. The van der Waals surface area contributed by atoms with Crippen molar-refractivity contribution in [1.82, 2.24) is 9.03 Å². The molecule has 0 heterocycles. The highest BCUT2D eigenvalue weighted by atomic mass is 32.2. The molecule has 26 heavy (non-hydrogen) atoms. The molecule has 10 heteroatoms. The first-order valence-corrected chi connectivity index (χ1v) is 9.19. The Morgan fingerprint density at radius 1 is 1.23 bits per heavy atom. The number of carbonyl (C=O) groups is 2. The van der Waals surface area contributed by atoms with Crippen LogP contribution in [0.1, 0.15) is 26.3 Å². The Bertz CT molecular complexity index is 714. The molecule has 0 fully saturated rings. The van der Waals surface area contributed by atoms with Gasteiger partial charge in [0.15, 0.2) is 0 Å². The summed E-state index contributed by atoms with van der Waals surface area (Å²) in [6, 6.07) is 6.87. The highest BCUT2D eigenvalue weighted by Crippen LogP contribution is 2.15. The molecule has 1 unspecified atom stereocenters. The lowest BCUT2D eigenvalue weighted by Crippen LogP contribution is -2.53. The van der Waals surface area contributed by atoms with Crippen LogP contribution in [-0.2, 0) is 31.0 Å². The molecule has 1 aromatic rings. The summed E-state index contributed by atoms with van der Waals surface area (Å²) in [6.45, 7) is 3.64. The van der Waals surface area contributed by atoms with E-state index in [1.165, 1.54) is 0 Å². The van der Waals surface area contributed by atoms with E-state index in [1.54, 1.807) is 55.8 Å². The van der Waals surface area contributed by atoms with Crippen molar-refractivity contribution >= 4 is 22.3 Å². The molecule has 1 atom stereocenters. The van der Waals surface area contributed by atoms with Gasteiger partial charge in [0.2, 0.25) is 0 Å². The predicted octanol–water partition coefficient (Wildman–Crippen LogP) is 0.792. The maximum atomic E-state index is 12.6. The van der Waals surface area contributed by atoms with E-state index in [1.807, 2.05) is 0 Å². The number of ether oxygens (including phenoxy) is 2. The van der Waals surface area contributed by atoms with Crippen molar-refractivity contribution in [2.24, 2.45) is 0 Å². The fourth-order valence-corrected chi connectivity index (χ4v) is 3.18. The fraction of sp³-hybridized carbons (Fsp3) is 0.500. The van der Waals surface area contributed by atoms with Crippen molar-refractivity contribution in [3.63, 3.8) is 0 Å². The molecule has 9 nitrogen and oxygen atoms in total. The van der Waals surface area contributed by atoms with Crippen LogP contribution in [0.4, 0.5) is 4.79 Å². The van der Waals surface area contributed by atoms with Crippen molar-refractivity contribution in [3.05, 3.63) is 35.9 Å². The second-order valence-corrected chi connectivity index (χ2v) is 7.98. The topological polar surface area (TPSA) is 122 Å². The minimum absolute atomic E-state index is 0.265. The first kappa shape index (κ1) is 21.9. The van der Waals surface area contributed by atoms with Crippen LogP contribution in [0, 0.1) is 0 Å². The average molecular weight is 388 g/mol. The summed E-state index contributed by atoms with van der Waals surface area (Å²) in [4.78, 5) is 23.8. The molecule has 0 saturated heterocycles. The molecule has 0 aliphatic carbocycles. The van der Waals surface area contributed by atoms with E-state index in [2.05, 4.69) is 4.74 Å². The Labute approximate surface area is 153 Å². The van der Waals surface area contributed by atoms with E-state index >= 15 is 0 Å². The number of nitrogens with one attached hydrogen (secondary N) is 1. The Kier molecular flexibility index (Phi) is 7.54. The number of hydrogen-bond acceptors (Lipinski definition) is 7. The van der Waals surface area contributed by atoms with E-state index < -0.39 is 40.5 Å². The van der Waals surface area contributed by atoms with Gasteiger partial charge in [-0.15, -0.1) is 0 Å². The third kappa shape index (κ3) is 6.62. The first-order chi connectivity index (χ1) is 12.0. The summed E-state index contributed by atoms with van der Waals surface area (Å²) in [5.74, 6) is -0.960. The van der Waals surface area contributed by atoms with Gasteiger partial charge >= 0.3 is 22.3 Å². The zero-order chi connectivity index (χ0) is 20.0. The van der Waals surface area contributed by atoms with E-state index in [0.29, 0.717) is 9.87 Å². The number of amides is 1. The molecule has 1 rings (SSSR count). The van der Waals surface area contributed by atoms with Crippen molar-refractivity contribution in [2.45, 2.75) is 39.0 Å². The molecule has 0 spiro atoms. The number of esters is 1. The Morgan fingerprint density at radius 3 is 2.27 bits per heavy atom. The van der Waals surface area contributed by atoms with Gasteiger partial charge in [-0.05, 0) is 26.3 Å². The summed E-state index contributed by atoms with van der Waals surface area (Å²) >= 11 is 0. The zero-order valence-electron chi connectivity index (χ0n) is 15.1. The Morgan fingerprint density at radius 2 is 1.81 bits per heavy atom. The van der Waals surface area contributed by atoms with Crippen LogP contribution >= 0.6 is 0 Å². The molecule has 146 valence electrons. The number of hydrogen-bond donors (Lipinski definition) is 2. The van der Waals surface area contributed by atoms with Gasteiger partial charge in [-0.3, -0.25) is 4.79 Å². The maximum Gasteiger partial charge on any atom is 0.422 e. The SMILES string of the molecule is COC(=O)C(CO)N(Cc1ccccc1)S(=O)(=O)NC(=O)OC(C)(C)C. The summed E-state index contributed by atoms with van der Waals surface area (Å²) in [6.07, 6.45) is -1.20. The fourth-order valence-electron chi connectivity index (χ4n) is 2.01. The molecule has 0 bridgehead atoms. The normalized spacial score (nSPS) is 13.2. The minimum Gasteiger partial charge on any atom is -0.468 e. The summed E-state index contributed by atoms with van der Waals surface area (Å²) in [7, 11) is -3.44. The van der Waals surface area contributed by atoms with Crippen LogP contribution in [0.2, 0.25) is 0 Å².